The molecule has 24 heavy (non-hydrogen) atoms. The summed E-state index contributed by atoms with van der Waals surface area (Å²) in [7, 11) is 0. The molecule has 1 aromatic heterocycles. The predicted octanol–water partition coefficient (Wildman–Crippen LogP) is 2.79. The summed E-state index contributed by atoms with van der Waals surface area (Å²) in [5.74, 6) is 0.0697. The molecule has 1 aliphatic heterocycles. The molecule has 0 bridgehead atoms. The van der Waals surface area contributed by atoms with Crippen molar-refractivity contribution in [2.45, 2.75) is 18.7 Å². The van der Waals surface area contributed by atoms with Gasteiger partial charge in [0, 0.05) is 30.9 Å². The Kier molecular flexibility index (Phi) is 4.37. The van der Waals surface area contributed by atoms with Gasteiger partial charge in [0.25, 0.3) is 5.91 Å². The van der Waals surface area contributed by atoms with Crippen molar-refractivity contribution in [1.82, 2.24) is 14.9 Å². The molecule has 2 aromatic rings. The number of halogens is 3. The van der Waals surface area contributed by atoms with Gasteiger partial charge in [0.1, 0.15) is 6.10 Å². The van der Waals surface area contributed by atoms with Gasteiger partial charge in [-0.2, -0.15) is 13.2 Å². The lowest BCUT2D eigenvalue weighted by molar-refractivity contribution is -0.137. The van der Waals surface area contributed by atoms with E-state index in [9.17, 15) is 18.0 Å². The number of hydrogen-bond donors (Lipinski definition) is 0. The average Bonchev–Trinajstić information content (AvgIpc) is 3.03. The second-order valence-electron chi connectivity index (χ2n) is 5.40. The Labute approximate surface area is 136 Å². The Morgan fingerprint density at radius 3 is 2.58 bits per heavy atom. The van der Waals surface area contributed by atoms with Gasteiger partial charge in [-0.25, -0.2) is 4.98 Å². The molecule has 1 fully saturated rings. The van der Waals surface area contributed by atoms with Crippen LogP contribution in [0, 0.1) is 0 Å². The van der Waals surface area contributed by atoms with Crippen LogP contribution in [0.4, 0.5) is 13.2 Å². The standard InChI is InChI=1S/C16H14F3N3O2/c17-16(18,19)12-3-1-11(2-4-12)15(23)22-8-5-13(10-22)24-14-9-20-6-7-21-14/h1-4,6-7,9,13H,5,8,10H2. The molecule has 0 N–H and O–H groups in total. The van der Waals surface area contributed by atoms with Crippen molar-refractivity contribution < 1.29 is 22.7 Å². The lowest BCUT2D eigenvalue weighted by Crippen LogP contribution is -2.31. The fourth-order valence-electron chi connectivity index (χ4n) is 2.51. The highest BCUT2D eigenvalue weighted by Crippen LogP contribution is 2.29. The third kappa shape index (κ3) is 3.64. The Morgan fingerprint density at radius 1 is 1.21 bits per heavy atom. The maximum absolute atomic E-state index is 12.6. The number of alkyl halides is 3. The van der Waals surface area contributed by atoms with Gasteiger partial charge < -0.3 is 9.64 Å². The third-order valence-electron chi connectivity index (χ3n) is 3.72. The zero-order valence-corrected chi connectivity index (χ0v) is 12.5. The summed E-state index contributed by atoms with van der Waals surface area (Å²) < 4.78 is 43.3. The molecule has 1 saturated heterocycles. The average molecular weight is 337 g/mol. The molecule has 3 rings (SSSR count). The van der Waals surface area contributed by atoms with Crippen LogP contribution < -0.4 is 4.74 Å². The summed E-state index contributed by atoms with van der Waals surface area (Å²) in [4.78, 5) is 21.8. The Hall–Kier alpha value is -2.64. The maximum atomic E-state index is 12.6. The molecule has 1 atom stereocenters. The Morgan fingerprint density at radius 2 is 1.96 bits per heavy atom. The summed E-state index contributed by atoms with van der Waals surface area (Å²) in [5.41, 5.74) is -0.549. The first-order valence-electron chi connectivity index (χ1n) is 7.33. The Balaban J connectivity index is 1.62. The van der Waals surface area contributed by atoms with E-state index in [-0.39, 0.29) is 17.6 Å². The van der Waals surface area contributed by atoms with Crippen LogP contribution in [0.25, 0.3) is 0 Å². The van der Waals surface area contributed by atoms with Gasteiger partial charge in [0.2, 0.25) is 5.88 Å². The summed E-state index contributed by atoms with van der Waals surface area (Å²) >= 11 is 0. The van der Waals surface area contributed by atoms with Gasteiger partial charge in [0.15, 0.2) is 0 Å². The van der Waals surface area contributed by atoms with Crippen molar-refractivity contribution in [3.8, 4) is 5.88 Å². The molecule has 0 saturated carbocycles. The highest BCUT2D eigenvalue weighted by molar-refractivity contribution is 5.94. The number of likely N-dealkylation sites (tertiary alicyclic amines) is 1. The SMILES string of the molecule is O=C(c1ccc(C(F)(F)F)cc1)N1CCC(Oc2cnccn2)C1. The first-order chi connectivity index (χ1) is 11.4. The first-order valence-corrected chi connectivity index (χ1v) is 7.33. The number of carbonyl (C=O) groups excluding carboxylic acids is 1. The summed E-state index contributed by atoms with van der Waals surface area (Å²) in [6.07, 6.45) is 0.533. The molecule has 2 heterocycles. The van der Waals surface area contributed by atoms with Gasteiger partial charge in [-0.15, -0.1) is 0 Å². The van der Waals surface area contributed by atoms with Crippen LogP contribution in [-0.4, -0.2) is 40.0 Å². The zero-order chi connectivity index (χ0) is 17.2. The minimum atomic E-state index is -4.41. The highest BCUT2D eigenvalue weighted by Gasteiger charge is 2.32. The number of amides is 1. The van der Waals surface area contributed by atoms with E-state index in [0.717, 1.165) is 12.1 Å². The van der Waals surface area contributed by atoms with E-state index in [2.05, 4.69) is 9.97 Å². The van der Waals surface area contributed by atoms with Crippen molar-refractivity contribution in [1.29, 1.82) is 0 Å². The molecular formula is C16H14F3N3O2. The van der Waals surface area contributed by atoms with Crippen LogP contribution in [0.15, 0.2) is 42.9 Å². The van der Waals surface area contributed by atoms with E-state index in [1.165, 1.54) is 30.7 Å². The molecule has 1 amide bonds. The highest BCUT2D eigenvalue weighted by atomic mass is 19.4. The minimum Gasteiger partial charge on any atom is -0.471 e. The van der Waals surface area contributed by atoms with Crippen molar-refractivity contribution in [3.05, 3.63) is 54.0 Å². The van der Waals surface area contributed by atoms with Crippen LogP contribution >= 0.6 is 0 Å². The summed E-state index contributed by atoms with van der Waals surface area (Å²) in [5, 5.41) is 0. The van der Waals surface area contributed by atoms with Crippen molar-refractivity contribution >= 4 is 5.91 Å². The van der Waals surface area contributed by atoms with Gasteiger partial charge in [-0.05, 0) is 24.3 Å². The third-order valence-corrected chi connectivity index (χ3v) is 3.72. The fraction of sp³-hybridized carbons (Fsp3) is 0.312. The van der Waals surface area contributed by atoms with Gasteiger partial charge >= 0.3 is 6.18 Å². The molecule has 8 heteroatoms. The Bertz CT molecular complexity index is 705. The van der Waals surface area contributed by atoms with Crippen LogP contribution in [0.5, 0.6) is 5.88 Å². The van der Waals surface area contributed by atoms with Crippen LogP contribution in [-0.2, 0) is 6.18 Å². The van der Waals surface area contributed by atoms with E-state index >= 15 is 0 Å². The molecule has 5 nitrogen and oxygen atoms in total. The molecule has 126 valence electrons. The number of carbonyl (C=O) groups is 1. The van der Waals surface area contributed by atoms with Gasteiger partial charge in [-0.1, -0.05) is 0 Å². The number of ether oxygens (including phenoxy) is 1. The second kappa shape index (κ2) is 6.46. The molecule has 0 aliphatic carbocycles. The van der Waals surface area contributed by atoms with Gasteiger partial charge in [-0.3, -0.25) is 9.78 Å². The van der Waals surface area contributed by atoms with E-state index in [1.807, 2.05) is 0 Å². The largest absolute Gasteiger partial charge is 0.471 e. The number of rotatable bonds is 3. The minimum absolute atomic E-state index is 0.208. The summed E-state index contributed by atoms with van der Waals surface area (Å²) in [6, 6.07) is 4.22. The van der Waals surface area contributed by atoms with Crippen molar-refractivity contribution in [2.75, 3.05) is 13.1 Å². The van der Waals surface area contributed by atoms with Crippen molar-refractivity contribution in [2.24, 2.45) is 0 Å². The number of benzene rings is 1. The van der Waals surface area contributed by atoms with E-state index < -0.39 is 11.7 Å². The molecular weight excluding hydrogens is 323 g/mol. The predicted molar refractivity (Wildman–Crippen MR) is 78.4 cm³/mol. The lowest BCUT2D eigenvalue weighted by atomic mass is 10.1. The topological polar surface area (TPSA) is 55.3 Å². The molecule has 0 radical (unpaired) electrons. The monoisotopic (exact) mass is 337 g/mol. The first kappa shape index (κ1) is 16.2. The molecule has 1 unspecified atom stereocenters. The molecule has 1 aromatic carbocycles. The quantitative estimate of drug-likeness (QED) is 0.864. The van der Waals surface area contributed by atoms with Crippen LogP contribution in [0.2, 0.25) is 0 Å². The van der Waals surface area contributed by atoms with Crippen LogP contribution in [0.3, 0.4) is 0 Å². The van der Waals surface area contributed by atoms with Crippen molar-refractivity contribution in [3.63, 3.8) is 0 Å². The van der Waals surface area contributed by atoms with E-state index in [0.29, 0.717) is 25.4 Å². The van der Waals surface area contributed by atoms with E-state index in [4.69, 9.17) is 4.74 Å². The number of aromatic nitrogens is 2. The van der Waals surface area contributed by atoms with Crippen LogP contribution in [0.1, 0.15) is 22.3 Å². The fourth-order valence-corrected chi connectivity index (χ4v) is 2.51. The van der Waals surface area contributed by atoms with E-state index in [1.54, 1.807) is 4.90 Å². The lowest BCUT2D eigenvalue weighted by Gasteiger charge is -2.17. The molecule has 1 aliphatic rings. The maximum Gasteiger partial charge on any atom is 0.416 e. The summed E-state index contributed by atoms with van der Waals surface area (Å²) in [6.45, 7) is 0.835. The second-order valence-corrected chi connectivity index (χ2v) is 5.40. The zero-order valence-electron chi connectivity index (χ0n) is 12.5. The normalized spacial score (nSPS) is 17.8. The molecule has 0 spiro atoms. The smallest absolute Gasteiger partial charge is 0.416 e. The number of hydrogen-bond acceptors (Lipinski definition) is 4. The van der Waals surface area contributed by atoms with Gasteiger partial charge in [0.05, 0.1) is 18.3 Å². The number of nitrogens with zero attached hydrogens (tertiary/aromatic N) is 3.